The van der Waals surface area contributed by atoms with Crippen LogP contribution in [0, 0.1) is 11.3 Å². The van der Waals surface area contributed by atoms with Crippen LogP contribution in [0.2, 0.25) is 0 Å². The van der Waals surface area contributed by atoms with E-state index in [-0.39, 0.29) is 12.5 Å². The molecule has 2 rings (SSSR count). The zero-order valence-corrected chi connectivity index (χ0v) is 12.9. The van der Waals surface area contributed by atoms with Gasteiger partial charge in [0.15, 0.2) is 0 Å². The maximum Gasteiger partial charge on any atom is 0.311 e. The summed E-state index contributed by atoms with van der Waals surface area (Å²) < 4.78 is 0. The summed E-state index contributed by atoms with van der Waals surface area (Å²) in [5, 5.41) is 14.6. The third-order valence-electron chi connectivity index (χ3n) is 4.23. The Kier molecular flexibility index (Phi) is 4.95. The Bertz CT molecular complexity index is 521. The minimum Gasteiger partial charge on any atom is -0.481 e. The highest BCUT2D eigenvalue weighted by atomic mass is 32.1. The molecule has 1 fully saturated rings. The molecular formula is C14H21N3O3S. The van der Waals surface area contributed by atoms with Gasteiger partial charge in [0.1, 0.15) is 10.7 Å². The first-order chi connectivity index (χ1) is 9.97. The highest BCUT2D eigenvalue weighted by molar-refractivity contribution is 7.09. The lowest BCUT2D eigenvalue weighted by molar-refractivity contribution is -0.151. The Morgan fingerprint density at radius 1 is 1.52 bits per heavy atom. The van der Waals surface area contributed by atoms with Gasteiger partial charge in [-0.2, -0.15) is 0 Å². The number of rotatable bonds is 5. The molecule has 116 valence electrons. The molecule has 7 heteroatoms. The number of carboxylic acids is 1. The quantitative estimate of drug-likeness (QED) is 0.766. The number of nitrogens with zero attached hydrogens (tertiary/aromatic N) is 1. The van der Waals surface area contributed by atoms with Crippen LogP contribution in [0.4, 0.5) is 0 Å². The maximum absolute atomic E-state index is 12.0. The topological polar surface area (TPSA) is 105 Å². The van der Waals surface area contributed by atoms with E-state index in [1.165, 1.54) is 11.3 Å². The first-order valence-electron chi connectivity index (χ1n) is 7.13. The number of hydrogen-bond acceptors (Lipinski definition) is 5. The second kappa shape index (κ2) is 6.53. The fourth-order valence-corrected chi connectivity index (χ4v) is 3.28. The first-order valence-corrected chi connectivity index (χ1v) is 8.01. The molecule has 0 bridgehead atoms. The average Bonchev–Trinajstić information content (AvgIpc) is 2.95. The lowest BCUT2D eigenvalue weighted by Gasteiger charge is -2.35. The standard InChI is InChI=1S/C14H21N3O3S/c1-9-2-4-14(5-3-9,13(19)20)8-16-12(18)10-7-21-11(6-15)17-10/h7,9H,2-6,8,15H2,1H3,(H,16,18)(H,19,20). The molecule has 0 aliphatic heterocycles. The van der Waals surface area contributed by atoms with E-state index in [2.05, 4.69) is 17.2 Å². The lowest BCUT2D eigenvalue weighted by atomic mass is 9.71. The summed E-state index contributed by atoms with van der Waals surface area (Å²) in [6.45, 7) is 2.59. The van der Waals surface area contributed by atoms with Gasteiger partial charge in [-0.3, -0.25) is 9.59 Å². The molecule has 1 amide bonds. The minimum atomic E-state index is -0.838. The minimum absolute atomic E-state index is 0.156. The van der Waals surface area contributed by atoms with Gasteiger partial charge in [-0.1, -0.05) is 6.92 Å². The van der Waals surface area contributed by atoms with Crippen LogP contribution in [-0.2, 0) is 11.3 Å². The van der Waals surface area contributed by atoms with Gasteiger partial charge in [-0.05, 0) is 31.6 Å². The first kappa shape index (κ1) is 15.9. The van der Waals surface area contributed by atoms with Gasteiger partial charge in [-0.25, -0.2) is 4.98 Å². The molecule has 0 spiro atoms. The molecule has 1 aliphatic rings. The molecule has 1 aromatic rings. The van der Waals surface area contributed by atoms with Crippen molar-refractivity contribution < 1.29 is 14.7 Å². The van der Waals surface area contributed by atoms with Crippen molar-refractivity contribution >= 4 is 23.2 Å². The zero-order chi connectivity index (χ0) is 15.5. The number of carbonyl (C=O) groups excluding carboxylic acids is 1. The molecule has 1 aliphatic carbocycles. The van der Waals surface area contributed by atoms with E-state index in [0.29, 0.717) is 36.0 Å². The van der Waals surface area contributed by atoms with Crippen LogP contribution in [0.15, 0.2) is 5.38 Å². The van der Waals surface area contributed by atoms with E-state index in [9.17, 15) is 14.7 Å². The van der Waals surface area contributed by atoms with Crippen LogP contribution in [0.5, 0.6) is 0 Å². The third kappa shape index (κ3) is 3.59. The van der Waals surface area contributed by atoms with Crippen molar-refractivity contribution in [2.75, 3.05) is 6.54 Å². The number of nitrogens with one attached hydrogen (secondary N) is 1. The number of carbonyl (C=O) groups is 2. The number of nitrogens with two attached hydrogens (primary N) is 1. The number of aliphatic carboxylic acids is 1. The molecule has 1 heterocycles. The fourth-order valence-electron chi connectivity index (χ4n) is 2.63. The highest BCUT2D eigenvalue weighted by Gasteiger charge is 2.41. The van der Waals surface area contributed by atoms with Gasteiger partial charge in [0.25, 0.3) is 5.91 Å². The van der Waals surface area contributed by atoms with E-state index < -0.39 is 11.4 Å². The summed E-state index contributed by atoms with van der Waals surface area (Å²) in [5.74, 6) is -0.598. The summed E-state index contributed by atoms with van der Waals surface area (Å²) in [6, 6.07) is 0. The van der Waals surface area contributed by atoms with Crippen LogP contribution >= 0.6 is 11.3 Å². The molecule has 0 radical (unpaired) electrons. The second-order valence-corrected chi connectivity index (χ2v) is 6.72. The monoisotopic (exact) mass is 311 g/mol. The average molecular weight is 311 g/mol. The number of thiazole rings is 1. The normalized spacial score (nSPS) is 25.5. The van der Waals surface area contributed by atoms with Gasteiger partial charge in [0.05, 0.1) is 5.41 Å². The second-order valence-electron chi connectivity index (χ2n) is 5.78. The Labute approximate surface area is 127 Å². The van der Waals surface area contributed by atoms with Crippen LogP contribution in [0.3, 0.4) is 0 Å². The van der Waals surface area contributed by atoms with E-state index in [1.54, 1.807) is 5.38 Å². The molecule has 0 aromatic carbocycles. The Morgan fingerprint density at radius 2 is 2.19 bits per heavy atom. The molecule has 0 unspecified atom stereocenters. The number of aromatic nitrogens is 1. The lowest BCUT2D eigenvalue weighted by Crippen LogP contribution is -2.45. The Hall–Kier alpha value is -1.47. The van der Waals surface area contributed by atoms with E-state index in [1.807, 2.05) is 0 Å². The van der Waals surface area contributed by atoms with Crippen LogP contribution < -0.4 is 11.1 Å². The summed E-state index contributed by atoms with van der Waals surface area (Å²) in [7, 11) is 0. The molecular weight excluding hydrogens is 290 g/mol. The summed E-state index contributed by atoms with van der Waals surface area (Å²) in [6.07, 6.45) is 2.98. The molecule has 6 nitrogen and oxygen atoms in total. The van der Waals surface area contributed by atoms with Crippen molar-refractivity contribution in [1.29, 1.82) is 0 Å². The van der Waals surface area contributed by atoms with E-state index >= 15 is 0 Å². The van der Waals surface area contributed by atoms with Crippen molar-refractivity contribution in [2.24, 2.45) is 17.1 Å². The van der Waals surface area contributed by atoms with Gasteiger partial charge < -0.3 is 16.2 Å². The van der Waals surface area contributed by atoms with Gasteiger partial charge in [-0.15, -0.1) is 11.3 Å². The summed E-state index contributed by atoms with van der Waals surface area (Å²) in [4.78, 5) is 27.8. The zero-order valence-electron chi connectivity index (χ0n) is 12.1. The number of hydrogen-bond donors (Lipinski definition) is 3. The fraction of sp³-hybridized carbons (Fsp3) is 0.643. The van der Waals surface area contributed by atoms with Crippen molar-refractivity contribution in [3.63, 3.8) is 0 Å². The molecule has 4 N–H and O–H groups in total. The van der Waals surface area contributed by atoms with E-state index in [0.717, 1.165) is 12.8 Å². The molecule has 21 heavy (non-hydrogen) atoms. The third-order valence-corrected chi connectivity index (χ3v) is 5.10. The predicted molar refractivity (Wildman–Crippen MR) is 80.0 cm³/mol. The van der Waals surface area contributed by atoms with Crippen LogP contribution in [0.1, 0.15) is 48.1 Å². The van der Waals surface area contributed by atoms with Crippen LogP contribution in [0.25, 0.3) is 0 Å². The molecule has 0 saturated heterocycles. The molecule has 1 saturated carbocycles. The number of carboxylic acid groups (broad SMARTS) is 1. The largest absolute Gasteiger partial charge is 0.481 e. The van der Waals surface area contributed by atoms with Gasteiger partial charge in [0.2, 0.25) is 0 Å². The Balaban J connectivity index is 1.99. The van der Waals surface area contributed by atoms with Gasteiger partial charge >= 0.3 is 5.97 Å². The smallest absolute Gasteiger partial charge is 0.311 e. The van der Waals surface area contributed by atoms with Gasteiger partial charge in [0, 0.05) is 18.5 Å². The van der Waals surface area contributed by atoms with Crippen molar-refractivity contribution in [2.45, 2.75) is 39.2 Å². The van der Waals surface area contributed by atoms with Crippen LogP contribution in [-0.4, -0.2) is 28.5 Å². The van der Waals surface area contributed by atoms with E-state index in [4.69, 9.17) is 5.73 Å². The Morgan fingerprint density at radius 3 is 2.71 bits per heavy atom. The maximum atomic E-state index is 12.0. The predicted octanol–water partition coefficient (Wildman–Crippen LogP) is 1.61. The summed E-state index contributed by atoms with van der Waals surface area (Å²) >= 11 is 1.33. The molecule has 1 aromatic heterocycles. The SMILES string of the molecule is CC1CCC(CNC(=O)c2csc(CN)n2)(C(=O)O)CC1. The van der Waals surface area contributed by atoms with Crippen molar-refractivity contribution in [1.82, 2.24) is 10.3 Å². The summed E-state index contributed by atoms with van der Waals surface area (Å²) in [5.41, 5.74) is 4.94. The highest BCUT2D eigenvalue weighted by Crippen LogP contribution is 2.38. The number of amides is 1. The molecule has 0 atom stereocenters. The van der Waals surface area contributed by atoms with Crippen molar-refractivity contribution in [3.05, 3.63) is 16.1 Å². The van der Waals surface area contributed by atoms with Crippen molar-refractivity contribution in [3.8, 4) is 0 Å².